The van der Waals surface area contributed by atoms with Gasteiger partial charge in [0.05, 0.1) is 18.8 Å². The molecule has 1 aliphatic heterocycles. The van der Waals surface area contributed by atoms with E-state index in [0.717, 1.165) is 5.56 Å². The van der Waals surface area contributed by atoms with E-state index in [1.165, 1.54) is 17.0 Å². The molecular formula is C31H27FN4O4. The Kier molecular flexibility index (Phi) is 7.82. The van der Waals surface area contributed by atoms with Crippen LogP contribution < -0.4 is 10.6 Å². The van der Waals surface area contributed by atoms with Crippen LogP contribution in [0.4, 0.5) is 14.9 Å². The van der Waals surface area contributed by atoms with E-state index in [-0.39, 0.29) is 19.0 Å². The average molecular weight is 539 g/mol. The van der Waals surface area contributed by atoms with Gasteiger partial charge in [0.2, 0.25) is 5.91 Å². The minimum Gasteiger partial charge on any atom is -0.438 e. The predicted molar refractivity (Wildman–Crippen MR) is 147 cm³/mol. The van der Waals surface area contributed by atoms with E-state index in [2.05, 4.69) is 15.6 Å². The molecule has 0 spiro atoms. The van der Waals surface area contributed by atoms with Gasteiger partial charge in [-0.1, -0.05) is 48.0 Å². The van der Waals surface area contributed by atoms with Crippen molar-refractivity contribution in [2.75, 3.05) is 5.32 Å². The summed E-state index contributed by atoms with van der Waals surface area (Å²) in [5.74, 6) is -1.12. The Morgan fingerprint density at radius 3 is 2.48 bits per heavy atom. The number of ether oxygens (including phenoxy) is 1. The number of amides is 3. The number of rotatable bonds is 8. The lowest BCUT2D eigenvalue weighted by atomic mass is 10.00. The monoisotopic (exact) mass is 538 g/mol. The third kappa shape index (κ3) is 6.15. The minimum atomic E-state index is -1.02. The molecule has 4 aromatic rings. The van der Waals surface area contributed by atoms with Gasteiger partial charge < -0.3 is 15.4 Å². The van der Waals surface area contributed by atoms with Crippen molar-refractivity contribution in [1.29, 1.82) is 0 Å². The molecule has 8 nitrogen and oxygen atoms in total. The number of anilines is 1. The summed E-state index contributed by atoms with van der Waals surface area (Å²) < 4.78 is 19.2. The summed E-state index contributed by atoms with van der Waals surface area (Å²) in [6, 6.07) is 24.1. The Balaban J connectivity index is 1.40. The summed E-state index contributed by atoms with van der Waals surface area (Å²) in [4.78, 5) is 44.9. The zero-order valence-corrected chi connectivity index (χ0v) is 21.7. The third-order valence-electron chi connectivity index (χ3n) is 6.58. The van der Waals surface area contributed by atoms with Crippen LogP contribution in [0.2, 0.25) is 0 Å². The highest BCUT2D eigenvalue weighted by molar-refractivity contribution is 6.04. The number of aromatic nitrogens is 1. The largest absolute Gasteiger partial charge is 0.438 e. The predicted octanol–water partition coefficient (Wildman–Crippen LogP) is 5.16. The van der Waals surface area contributed by atoms with Gasteiger partial charge in [-0.25, -0.2) is 9.18 Å². The second-order valence-electron chi connectivity index (χ2n) is 9.49. The lowest BCUT2D eigenvalue weighted by molar-refractivity contribution is -0.126. The number of halogens is 1. The lowest BCUT2D eigenvalue weighted by Gasteiger charge is -2.24. The smallest absolute Gasteiger partial charge is 0.411 e. The van der Waals surface area contributed by atoms with Gasteiger partial charge in [-0.3, -0.25) is 19.5 Å². The van der Waals surface area contributed by atoms with Crippen LogP contribution in [0.1, 0.15) is 38.8 Å². The van der Waals surface area contributed by atoms with Crippen molar-refractivity contribution in [3.63, 3.8) is 0 Å². The van der Waals surface area contributed by atoms with Crippen LogP contribution in [-0.4, -0.2) is 33.8 Å². The first-order valence-corrected chi connectivity index (χ1v) is 12.7. The summed E-state index contributed by atoms with van der Waals surface area (Å²) in [5, 5.41) is 5.72. The molecule has 40 heavy (non-hydrogen) atoms. The highest BCUT2D eigenvalue weighted by Gasteiger charge is 2.47. The Morgan fingerprint density at radius 2 is 1.75 bits per heavy atom. The molecule has 0 aliphatic carbocycles. The number of cyclic esters (lactones) is 1. The Hall–Kier alpha value is -5.05. The number of benzene rings is 3. The molecule has 3 aromatic carbocycles. The first kappa shape index (κ1) is 26.6. The molecule has 2 atom stereocenters. The van der Waals surface area contributed by atoms with Gasteiger partial charge in [0.1, 0.15) is 5.82 Å². The number of carbonyl (C=O) groups excluding carboxylic acids is 3. The fraction of sp³-hybridized carbons (Fsp3) is 0.161. The highest BCUT2D eigenvalue weighted by Crippen LogP contribution is 2.35. The number of hydrogen-bond donors (Lipinski definition) is 2. The van der Waals surface area contributed by atoms with E-state index in [1.807, 2.05) is 25.1 Å². The fourth-order valence-corrected chi connectivity index (χ4v) is 4.48. The van der Waals surface area contributed by atoms with Gasteiger partial charge >= 0.3 is 6.09 Å². The van der Waals surface area contributed by atoms with Crippen LogP contribution in [0, 0.1) is 12.7 Å². The summed E-state index contributed by atoms with van der Waals surface area (Å²) in [5.41, 5.74) is 3.86. The maximum Gasteiger partial charge on any atom is 0.411 e. The van der Waals surface area contributed by atoms with Crippen molar-refractivity contribution in [2.45, 2.75) is 32.2 Å². The van der Waals surface area contributed by atoms with Crippen LogP contribution in [0.3, 0.4) is 0 Å². The van der Waals surface area contributed by atoms with Gasteiger partial charge in [-0.2, -0.15) is 0 Å². The second-order valence-corrected chi connectivity index (χ2v) is 9.49. The lowest BCUT2D eigenvalue weighted by Crippen LogP contribution is -2.46. The molecule has 3 amide bonds. The van der Waals surface area contributed by atoms with E-state index >= 15 is 0 Å². The van der Waals surface area contributed by atoms with E-state index in [4.69, 9.17) is 4.74 Å². The molecule has 1 aromatic heterocycles. The van der Waals surface area contributed by atoms with E-state index in [9.17, 15) is 18.8 Å². The van der Waals surface area contributed by atoms with Crippen LogP contribution in [-0.2, 0) is 22.6 Å². The summed E-state index contributed by atoms with van der Waals surface area (Å²) in [6.45, 7) is 2.14. The average Bonchev–Trinajstić information content (AvgIpc) is 3.29. The quantitative estimate of drug-likeness (QED) is 0.323. The molecule has 2 unspecified atom stereocenters. The van der Waals surface area contributed by atoms with Crippen molar-refractivity contribution in [3.8, 4) is 0 Å². The first-order valence-electron chi connectivity index (χ1n) is 12.7. The third-order valence-corrected chi connectivity index (χ3v) is 6.58. The van der Waals surface area contributed by atoms with Crippen LogP contribution >= 0.6 is 0 Å². The zero-order chi connectivity index (χ0) is 28.1. The van der Waals surface area contributed by atoms with Crippen molar-refractivity contribution in [3.05, 3.63) is 131 Å². The molecular weight excluding hydrogens is 511 g/mol. The van der Waals surface area contributed by atoms with Gasteiger partial charge in [-0.05, 0) is 66.6 Å². The molecule has 0 bridgehead atoms. The molecule has 9 heteroatoms. The minimum absolute atomic E-state index is 0.0428. The molecule has 202 valence electrons. The molecule has 1 aliphatic rings. The second kappa shape index (κ2) is 11.8. The standard InChI is InChI=1S/C31H27FN4O4/c1-20-8-12-22(13-9-20)29(37)35-25-7-4-5-23(17-25)28-27(30(38)34-18-26-6-2-3-16-33-26)36(31(39)40-28)19-21-10-14-24(32)15-11-21/h2-17,27-28H,18-19H2,1H3,(H,34,38)(H,35,37). The maximum absolute atomic E-state index is 13.5. The molecule has 1 saturated heterocycles. The topological polar surface area (TPSA) is 101 Å². The van der Waals surface area contributed by atoms with Crippen molar-refractivity contribution < 1.29 is 23.5 Å². The van der Waals surface area contributed by atoms with Crippen LogP contribution in [0.5, 0.6) is 0 Å². The Bertz CT molecular complexity index is 1510. The Labute approximate surface area is 230 Å². The van der Waals surface area contributed by atoms with E-state index in [0.29, 0.717) is 28.1 Å². The molecule has 0 radical (unpaired) electrons. The number of carbonyl (C=O) groups is 3. The molecule has 2 heterocycles. The zero-order valence-electron chi connectivity index (χ0n) is 21.7. The van der Waals surface area contributed by atoms with Crippen molar-refractivity contribution >= 4 is 23.6 Å². The van der Waals surface area contributed by atoms with Crippen molar-refractivity contribution in [1.82, 2.24) is 15.2 Å². The number of hydrogen-bond acceptors (Lipinski definition) is 5. The maximum atomic E-state index is 13.5. The Morgan fingerprint density at radius 1 is 0.975 bits per heavy atom. The summed E-state index contributed by atoms with van der Waals surface area (Å²) in [7, 11) is 0. The number of aryl methyl sites for hydroxylation is 1. The normalized spacial score (nSPS) is 16.4. The van der Waals surface area contributed by atoms with E-state index < -0.39 is 30.0 Å². The van der Waals surface area contributed by atoms with Gasteiger partial charge in [0.25, 0.3) is 5.91 Å². The van der Waals surface area contributed by atoms with Crippen molar-refractivity contribution in [2.24, 2.45) is 0 Å². The molecule has 0 saturated carbocycles. The van der Waals surface area contributed by atoms with Gasteiger partial charge in [0, 0.05) is 17.4 Å². The summed E-state index contributed by atoms with van der Waals surface area (Å²) in [6.07, 6.45) is -0.00156. The SMILES string of the molecule is Cc1ccc(C(=O)Nc2cccc(C3OC(=O)N(Cc4ccc(F)cc4)C3C(=O)NCc3ccccn3)c2)cc1. The molecule has 2 N–H and O–H groups in total. The van der Waals surface area contributed by atoms with Gasteiger partial charge in [-0.15, -0.1) is 0 Å². The number of nitrogens with zero attached hydrogens (tertiary/aromatic N) is 2. The highest BCUT2D eigenvalue weighted by atomic mass is 19.1. The fourth-order valence-electron chi connectivity index (χ4n) is 4.48. The van der Waals surface area contributed by atoms with Crippen LogP contribution in [0.25, 0.3) is 0 Å². The molecule has 5 rings (SSSR count). The van der Waals surface area contributed by atoms with Gasteiger partial charge in [0.15, 0.2) is 12.1 Å². The summed E-state index contributed by atoms with van der Waals surface area (Å²) >= 11 is 0. The molecule has 1 fully saturated rings. The van der Waals surface area contributed by atoms with E-state index in [1.54, 1.807) is 66.9 Å². The number of pyridine rings is 1. The van der Waals surface area contributed by atoms with Crippen LogP contribution in [0.15, 0.2) is 97.2 Å². The number of nitrogens with one attached hydrogen (secondary N) is 2. The first-order chi connectivity index (χ1) is 19.4.